The third-order valence-corrected chi connectivity index (χ3v) is 5.69. The molecule has 4 aromatic rings. The van der Waals surface area contributed by atoms with E-state index >= 15 is 0 Å². The zero-order chi connectivity index (χ0) is 21.2. The molecule has 2 aromatic carbocycles. The Kier molecular flexibility index (Phi) is 5.16. The molecule has 1 aliphatic rings. The first-order chi connectivity index (χ1) is 15.2. The fourth-order valence-electron chi connectivity index (χ4n) is 4.10. The lowest BCUT2D eigenvalue weighted by atomic mass is 10.0. The van der Waals surface area contributed by atoms with Crippen molar-refractivity contribution in [3.63, 3.8) is 0 Å². The number of nitrogens with one attached hydrogen (secondary N) is 1. The molecule has 1 saturated heterocycles. The molecule has 0 unspecified atom stereocenters. The number of aromatic nitrogens is 4. The third-order valence-electron chi connectivity index (χ3n) is 5.69. The maximum Gasteiger partial charge on any atom is 0.229 e. The molecule has 1 aliphatic heterocycles. The van der Waals surface area contributed by atoms with E-state index in [0.717, 1.165) is 59.4 Å². The zero-order valence-electron chi connectivity index (χ0n) is 17.8. The van der Waals surface area contributed by atoms with Crippen LogP contribution in [0, 0.1) is 5.92 Å². The van der Waals surface area contributed by atoms with E-state index < -0.39 is 0 Å². The average Bonchev–Trinajstić information content (AvgIpc) is 3.24. The number of ether oxygens (including phenoxy) is 1. The van der Waals surface area contributed by atoms with Gasteiger partial charge in [0.1, 0.15) is 11.6 Å². The number of rotatable bonds is 5. The van der Waals surface area contributed by atoms with Gasteiger partial charge in [-0.25, -0.2) is 4.68 Å². The molecule has 0 bridgehead atoms. The van der Waals surface area contributed by atoms with E-state index in [9.17, 15) is 0 Å². The maximum absolute atomic E-state index is 5.38. The van der Waals surface area contributed by atoms with Crippen molar-refractivity contribution in [2.45, 2.75) is 19.8 Å². The Morgan fingerprint density at radius 2 is 1.94 bits per heavy atom. The van der Waals surface area contributed by atoms with E-state index in [1.54, 1.807) is 7.11 Å². The average molecular weight is 415 g/mol. The Balaban J connectivity index is 1.63. The molecule has 3 heterocycles. The summed E-state index contributed by atoms with van der Waals surface area (Å²) < 4.78 is 7.25. The molecule has 0 spiro atoms. The highest BCUT2D eigenvalue weighted by Crippen LogP contribution is 2.30. The predicted octanol–water partition coefficient (Wildman–Crippen LogP) is 4.80. The predicted molar refractivity (Wildman–Crippen MR) is 124 cm³/mol. The van der Waals surface area contributed by atoms with Gasteiger partial charge >= 0.3 is 0 Å². The first kappa shape index (κ1) is 19.4. The molecule has 0 aliphatic carbocycles. The van der Waals surface area contributed by atoms with Gasteiger partial charge in [-0.2, -0.15) is 15.1 Å². The van der Waals surface area contributed by atoms with Gasteiger partial charge < -0.3 is 15.0 Å². The SMILES string of the molecule is COc1cccc(Nc2nc(N3CCC[C@H](C)C3)nc3c2cnn3-c2ccccc2)c1. The van der Waals surface area contributed by atoms with Crippen LogP contribution in [0.4, 0.5) is 17.5 Å². The van der Waals surface area contributed by atoms with E-state index in [1.165, 1.54) is 6.42 Å². The van der Waals surface area contributed by atoms with Gasteiger partial charge in [-0.3, -0.25) is 0 Å². The zero-order valence-corrected chi connectivity index (χ0v) is 17.8. The molecule has 5 rings (SSSR count). The molecular formula is C24H26N6O. The summed E-state index contributed by atoms with van der Waals surface area (Å²) >= 11 is 0. The van der Waals surface area contributed by atoms with Crippen LogP contribution in [-0.2, 0) is 0 Å². The summed E-state index contributed by atoms with van der Waals surface area (Å²) in [6, 6.07) is 17.9. The quantitative estimate of drug-likeness (QED) is 0.506. The van der Waals surface area contributed by atoms with Gasteiger partial charge in [0.2, 0.25) is 5.95 Å². The Morgan fingerprint density at radius 1 is 1.06 bits per heavy atom. The molecule has 0 radical (unpaired) electrons. The summed E-state index contributed by atoms with van der Waals surface area (Å²) in [5.74, 6) is 2.90. The maximum atomic E-state index is 5.38. The van der Waals surface area contributed by atoms with Crippen molar-refractivity contribution in [3.05, 3.63) is 60.8 Å². The summed E-state index contributed by atoms with van der Waals surface area (Å²) in [5.41, 5.74) is 2.67. The minimum absolute atomic E-state index is 0.627. The highest BCUT2D eigenvalue weighted by Gasteiger charge is 2.22. The minimum Gasteiger partial charge on any atom is -0.497 e. The lowest BCUT2D eigenvalue weighted by Crippen LogP contribution is -2.35. The van der Waals surface area contributed by atoms with Crippen LogP contribution in [0.25, 0.3) is 16.7 Å². The molecular weight excluding hydrogens is 388 g/mol. The van der Waals surface area contributed by atoms with Crippen LogP contribution in [0.15, 0.2) is 60.8 Å². The van der Waals surface area contributed by atoms with E-state index in [2.05, 4.69) is 22.2 Å². The number of nitrogens with zero attached hydrogens (tertiary/aromatic N) is 5. The highest BCUT2D eigenvalue weighted by atomic mass is 16.5. The number of para-hydroxylation sites is 1. The molecule has 1 N–H and O–H groups in total. The standard InChI is InChI=1S/C24H26N6O/c1-17-8-7-13-29(16-17)24-27-22(26-18-9-6-12-20(14-18)31-2)21-15-25-30(23(21)28-24)19-10-4-3-5-11-19/h3-6,9-12,14-15,17H,7-8,13,16H2,1-2H3,(H,26,27,28)/t17-/m0/s1. The van der Waals surface area contributed by atoms with Gasteiger partial charge in [0.15, 0.2) is 5.65 Å². The third kappa shape index (κ3) is 3.91. The van der Waals surface area contributed by atoms with Crippen molar-refractivity contribution in [3.8, 4) is 11.4 Å². The van der Waals surface area contributed by atoms with Crippen LogP contribution < -0.4 is 15.0 Å². The van der Waals surface area contributed by atoms with Crippen LogP contribution in [0.5, 0.6) is 5.75 Å². The molecule has 7 nitrogen and oxygen atoms in total. The highest BCUT2D eigenvalue weighted by molar-refractivity contribution is 5.90. The molecule has 1 fully saturated rings. The van der Waals surface area contributed by atoms with Crippen LogP contribution in [0.2, 0.25) is 0 Å². The Hall–Kier alpha value is -3.61. The van der Waals surface area contributed by atoms with E-state index in [1.807, 2.05) is 65.5 Å². The Morgan fingerprint density at radius 3 is 2.74 bits per heavy atom. The molecule has 7 heteroatoms. The van der Waals surface area contributed by atoms with Gasteiger partial charge in [0.05, 0.1) is 24.4 Å². The second-order valence-electron chi connectivity index (χ2n) is 8.05. The van der Waals surface area contributed by atoms with E-state index in [4.69, 9.17) is 14.7 Å². The number of methoxy groups -OCH3 is 1. The fourth-order valence-corrected chi connectivity index (χ4v) is 4.10. The largest absolute Gasteiger partial charge is 0.497 e. The number of piperidine rings is 1. The van der Waals surface area contributed by atoms with Crippen LogP contribution in [0.1, 0.15) is 19.8 Å². The number of anilines is 3. The normalized spacial score (nSPS) is 16.5. The van der Waals surface area contributed by atoms with Gasteiger partial charge in [0, 0.05) is 24.8 Å². The van der Waals surface area contributed by atoms with E-state index in [0.29, 0.717) is 5.92 Å². The van der Waals surface area contributed by atoms with Crippen LogP contribution >= 0.6 is 0 Å². The van der Waals surface area contributed by atoms with E-state index in [-0.39, 0.29) is 0 Å². The monoisotopic (exact) mass is 414 g/mol. The summed E-state index contributed by atoms with van der Waals surface area (Å²) in [4.78, 5) is 12.2. The van der Waals surface area contributed by atoms with Gasteiger partial charge in [-0.15, -0.1) is 0 Å². The van der Waals surface area contributed by atoms with Crippen molar-refractivity contribution in [1.29, 1.82) is 0 Å². The van der Waals surface area contributed by atoms with Crippen molar-refractivity contribution in [1.82, 2.24) is 19.7 Å². The lowest BCUT2D eigenvalue weighted by Gasteiger charge is -2.31. The first-order valence-corrected chi connectivity index (χ1v) is 10.7. The summed E-state index contributed by atoms with van der Waals surface area (Å²) in [5, 5.41) is 8.98. The molecule has 2 aromatic heterocycles. The van der Waals surface area contributed by atoms with Gasteiger partial charge in [-0.05, 0) is 43.0 Å². The number of fused-ring (bicyclic) bond motifs is 1. The van der Waals surface area contributed by atoms with Crippen molar-refractivity contribution < 1.29 is 4.74 Å². The van der Waals surface area contributed by atoms with Crippen molar-refractivity contribution in [2.75, 3.05) is 30.4 Å². The number of benzene rings is 2. The van der Waals surface area contributed by atoms with Crippen LogP contribution in [-0.4, -0.2) is 39.9 Å². The number of hydrogen-bond donors (Lipinski definition) is 1. The second-order valence-corrected chi connectivity index (χ2v) is 8.05. The summed E-state index contributed by atoms with van der Waals surface area (Å²) in [6.07, 6.45) is 4.22. The second kappa shape index (κ2) is 8.26. The summed E-state index contributed by atoms with van der Waals surface area (Å²) in [7, 11) is 1.67. The fraction of sp³-hybridized carbons (Fsp3) is 0.292. The molecule has 0 saturated carbocycles. The number of hydrogen-bond acceptors (Lipinski definition) is 6. The van der Waals surface area contributed by atoms with Gasteiger partial charge in [-0.1, -0.05) is 31.2 Å². The topological polar surface area (TPSA) is 68.1 Å². The molecule has 158 valence electrons. The van der Waals surface area contributed by atoms with Crippen molar-refractivity contribution in [2.24, 2.45) is 5.92 Å². The summed E-state index contributed by atoms with van der Waals surface area (Å²) in [6.45, 7) is 4.21. The Labute approximate surface area is 181 Å². The molecule has 31 heavy (non-hydrogen) atoms. The molecule has 1 atom stereocenters. The first-order valence-electron chi connectivity index (χ1n) is 10.7. The van der Waals surface area contributed by atoms with Crippen LogP contribution in [0.3, 0.4) is 0 Å². The van der Waals surface area contributed by atoms with Crippen molar-refractivity contribution >= 4 is 28.5 Å². The molecule has 0 amide bonds. The Bertz CT molecular complexity index is 1190. The smallest absolute Gasteiger partial charge is 0.229 e. The minimum atomic E-state index is 0.627. The van der Waals surface area contributed by atoms with Gasteiger partial charge in [0.25, 0.3) is 0 Å². The lowest BCUT2D eigenvalue weighted by molar-refractivity contribution is 0.415.